The van der Waals surface area contributed by atoms with Crippen LogP contribution in [0.25, 0.3) is 0 Å². The van der Waals surface area contributed by atoms with E-state index < -0.39 is 0 Å². The van der Waals surface area contributed by atoms with E-state index in [9.17, 15) is 4.79 Å². The number of carbonyl (C=O) groups is 1. The Morgan fingerprint density at radius 3 is 2.63 bits per heavy atom. The molecule has 7 heteroatoms. The molecule has 0 atom stereocenters. The van der Waals surface area contributed by atoms with Gasteiger partial charge in [0.05, 0.1) is 12.2 Å². The lowest BCUT2D eigenvalue weighted by molar-refractivity contribution is 0.102. The van der Waals surface area contributed by atoms with Crippen LogP contribution in [-0.4, -0.2) is 58.5 Å². The van der Waals surface area contributed by atoms with Gasteiger partial charge in [-0.25, -0.2) is 4.68 Å². The number of piperidine rings is 1. The zero-order valence-corrected chi connectivity index (χ0v) is 15.7. The fraction of sp³-hybridized carbons (Fsp3) is 0.550. The molecule has 0 aliphatic carbocycles. The van der Waals surface area contributed by atoms with Crippen LogP contribution in [0.15, 0.2) is 30.5 Å². The Morgan fingerprint density at radius 1 is 1.15 bits per heavy atom. The molecule has 4 rings (SSSR count). The van der Waals surface area contributed by atoms with E-state index in [4.69, 9.17) is 0 Å². The number of benzene rings is 1. The SMILES string of the molecule is O=C(Nc1ccc(CCN2CCCC2)cc1)c1cn(C2CCNCC2)nn1. The second-order valence-corrected chi connectivity index (χ2v) is 7.51. The van der Waals surface area contributed by atoms with Gasteiger partial charge in [-0.3, -0.25) is 4.79 Å². The van der Waals surface area contributed by atoms with E-state index in [0.717, 1.165) is 44.6 Å². The topological polar surface area (TPSA) is 75.1 Å². The Morgan fingerprint density at radius 2 is 1.89 bits per heavy atom. The zero-order valence-electron chi connectivity index (χ0n) is 15.7. The lowest BCUT2D eigenvalue weighted by Crippen LogP contribution is -2.29. The van der Waals surface area contributed by atoms with Gasteiger partial charge < -0.3 is 15.5 Å². The van der Waals surface area contributed by atoms with Crippen LogP contribution in [0.3, 0.4) is 0 Å². The highest BCUT2D eigenvalue weighted by Gasteiger charge is 2.19. The molecule has 0 unspecified atom stereocenters. The molecule has 2 fully saturated rings. The first-order valence-electron chi connectivity index (χ1n) is 10.0. The molecule has 1 amide bonds. The third-order valence-corrected chi connectivity index (χ3v) is 5.55. The summed E-state index contributed by atoms with van der Waals surface area (Å²) in [4.78, 5) is 15.0. The fourth-order valence-corrected chi connectivity index (χ4v) is 3.87. The molecule has 1 aromatic heterocycles. The Labute approximate surface area is 160 Å². The van der Waals surface area contributed by atoms with Crippen molar-refractivity contribution in [2.75, 3.05) is 38.0 Å². The summed E-state index contributed by atoms with van der Waals surface area (Å²) in [5.41, 5.74) is 2.46. The fourth-order valence-electron chi connectivity index (χ4n) is 3.87. The maximum Gasteiger partial charge on any atom is 0.277 e. The van der Waals surface area contributed by atoms with E-state index >= 15 is 0 Å². The Balaban J connectivity index is 1.30. The van der Waals surface area contributed by atoms with Crippen molar-refractivity contribution in [3.05, 3.63) is 41.7 Å². The van der Waals surface area contributed by atoms with Crippen molar-refractivity contribution in [1.29, 1.82) is 0 Å². The highest BCUT2D eigenvalue weighted by Crippen LogP contribution is 2.18. The predicted octanol–water partition coefficient (Wildman–Crippen LogP) is 2.09. The summed E-state index contributed by atoms with van der Waals surface area (Å²) in [6.45, 7) is 5.54. The van der Waals surface area contributed by atoms with Crippen LogP contribution in [0.4, 0.5) is 5.69 Å². The van der Waals surface area contributed by atoms with E-state index in [1.807, 2.05) is 16.8 Å². The number of hydrogen-bond donors (Lipinski definition) is 2. The van der Waals surface area contributed by atoms with Crippen LogP contribution < -0.4 is 10.6 Å². The highest BCUT2D eigenvalue weighted by molar-refractivity contribution is 6.02. The van der Waals surface area contributed by atoms with Gasteiger partial charge in [-0.2, -0.15) is 0 Å². The Bertz CT molecular complexity index is 744. The van der Waals surface area contributed by atoms with Crippen molar-refractivity contribution in [2.45, 2.75) is 38.1 Å². The van der Waals surface area contributed by atoms with E-state index in [2.05, 4.69) is 38.0 Å². The van der Waals surface area contributed by atoms with E-state index in [-0.39, 0.29) is 5.91 Å². The van der Waals surface area contributed by atoms with Gasteiger partial charge in [0.15, 0.2) is 5.69 Å². The molecular weight excluding hydrogens is 340 g/mol. The van der Waals surface area contributed by atoms with Crippen molar-refractivity contribution < 1.29 is 4.79 Å². The van der Waals surface area contributed by atoms with Gasteiger partial charge in [0.2, 0.25) is 0 Å². The monoisotopic (exact) mass is 368 g/mol. The third-order valence-electron chi connectivity index (χ3n) is 5.55. The molecule has 27 heavy (non-hydrogen) atoms. The minimum Gasteiger partial charge on any atom is -0.321 e. The Hall–Kier alpha value is -2.25. The van der Waals surface area contributed by atoms with Gasteiger partial charge in [-0.15, -0.1) is 5.10 Å². The Kier molecular flexibility index (Phi) is 5.79. The second-order valence-electron chi connectivity index (χ2n) is 7.51. The van der Waals surface area contributed by atoms with Gasteiger partial charge in [0, 0.05) is 12.2 Å². The van der Waals surface area contributed by atoms with Crippen molar-refractivity contribution >= 4 is 11.6 Å². The minimum atomic E-state index is -0.208. The van der Waals surface area contributed by atoms with E-state index in [1.54, 1.807) is 6.20 Å². The maximum absolute atomic E-state index is 12.4. The molecule has 2 aromatic rings. The maximum atomic E-state index is 12.4. The molecule has 144 valence electrons. The first-order chi connectivity index (χ1) is 13.3. The molecule has 2 aliphatic rings. The normalized spacial score (nSPS) is 18.7. The first kappa shape index (κ1) is 18.1. The number of carbonyl (C=O) groups excluding carboxylic acids is 1. The number of rotatable bonds is 6. The summed E-state index contributed by atoms with van der Waals surface area (Å²) in [6, 6.07) is 8.45. The number of likely N-dealkylation sites (tertiary alicyclic amines) is 1. The summed E-state index contributed by atoms with van der Waals surface area (Å²) in [5, 5.41) is 14.5. The smallest absolute Gasteiger partial charge is 0.277 e. The molecule has 2 N–H and O–H groups in total. The van der Waals surface area contributed by atoms with Gasteiger partial charge in [0.25, 0.3) is 5.91 Å². The lowest BCUT2D eigenvalue weighted by atomic mass is 10.1. The summed E-state index contributed by atoms with van der Waals surface area (Å²) in [7, 11) is 0. The number of hydrogen-bond acceptors (Lipinski definition) is 5. The summed E-state index contributed by atoms with van der Waals surface area (Å²) in [6.07, 6.45) is 7.50. The molecule has 0 bridgehead atoms. The lowest BCUT2D eigenvalue weighted by Gasteiger charge is -2.22. The molecule has 0 radical (unpaired) electrons. The van der Waals surface area contributed by atoms with Crippen LogP contribution in [-0.2, 0) is 6.42 Å². The number of nitrogens with zero attached hydrogens (tertiary/aromatic N) is 4. The second kappa shape index (κ2) is 8.63. The largest absolute Gasteiger partial charge is 0.321 e. The highest BCUT2D eigenvalue weighted by atomic mass is 16.2. The van der Waals surface area contributed by atoms with Crippen molar-refractivity contribution in [1.82, 2.24) is 25.2 Å². The number of nitrogens with one attached hydrogen (secondary N) is 2. The van der Waals surface area contributed by atoms with Crippen LogP contribution in [0, 0.1) is 0 Å². The summed E-state index contributed by atoms with van der Waals surface area (Å²) >= 11 is 0. The molecule has 1 aromatic carbocycles. The van der Waals surface area contributed by atoms with Crippen LogP contribution in [0.5, 0.6) is 0 Å². The zero-order chi connectivity index (χ0) is 18.5. The van der Waals surface area contributed by atoms with Crippen LogP contribution >= 0.6 is 0 Å². The molecule has 7 nitrogen and oxygen atoms in total. The van der Waals surface area contributed by atoms with Gasteiger partial charge >= 0.3 is 0 Å². The quantitative estimate of drug-likeness (QED) is 0.817. The van der Waals surface area contributed by atoms with Crippen LogP contribution in [0.2, 0.25) is 0 Å². The van der Waals surface area contributed by atoms with Crippen LogP contribution in [0.1, 0.15) is 47.8 Å². The molecule has 2 saturated heterocycles. The van der Waals surface area contributed by atoms with Gasteiger partial charge in [-0.05, 0) is 76.0 Å². The molecular formula is C20H28N6O. The average molecular weight is 368 g/mol. The minimum absolute atomic E-state index is 0.208. The van der Waals surface area contributed by atoms with Crippen molar-refractivity contribution in [2.24, 2.45) is 0 Å². The van der Waals surface area contributed by atoms with E-state index in [1.165, 1.54) is 31.5 Å². The number of amides is 1. The van der Waals surface area contributed by atoms with Crippen molar-refractivity contribution in [3.8, 4) is 0 Å². The third kappa shape index (κ3) is 4.73. The summed E-state index contributed by atoms with van der Waals surface area (Å²) in [5.74, 6) is -0.208. The summed E-state index contributed by atoms with van der Waals surface area (Å²) < 4.78 is 1.83. The van der Waals surface area contributed by atoms with E-state index in [0.29, 0.717) is 11.7 Å². The molecule has 0 saturated carbocycles. The molecule has 0 spiro atoms. The number of aromatic nitrogens is 3. The number of anilines is 1. The molecule has 2 aliphatic heterocycles. The van der Waals surface area contributed by atoms with Crippen molar-refractivity contribution in [3.63, 3.8) is 0 Å². The first-order valence-corrected chi connectivity index (χ1v) is 10.0. The van der Waals surface area contributed by atoms with Gasteiger partial charge in [-0.1, -0.05) is 17.3 Å². The average Bonchev–Trinajstić information content (AvgIpc) is 3.40. The predicted molar refractivity (Wildman–Crippen MR) is 105 cm³/mol. The van der Waals surface area contributed by atoms with Gasteiger partial charge in [0.1, 0.15) is 0 Å². The molecule has 3 heterocycles. The standard InChI is InChI=1S/C20H28N6O/c27-20(19-15-26(24-23-19)18-7-10-21-11-8-18)22-17-5-3-16(4-6-17)9-14-25-12-1-2-13-25/h3-6,15,18,21H,1-2,7-14H2,(H,22,27).